The first-order chi connectivity index (χ1) is 14.8. The second-order valence-corrected chi connectivity index (χ2v) is 8.96. The Balaban J connectivity index is 0.000000179. The van der Waals surface area contributed by atoms with Crippen LogP contribution in [0.1, 0.15) is 28.7 Å². The number of likely N-dealkylation sites (N-methyl/N-ethyl adjacent to an activating group) is 1. The number of carbonyl (C=O) groups excluding carboxylic acids is 1. The Morgan fingerprint density at radius 2 is 2.06 bits per heavy atom. The highest BCUT2D eigenvalue weighted by Gasteiger charge is 2.29. The molecule has 31 heavy (non-hydrogen) atoms. The van der Waals surface area contributed by atoms with E-state index in [-0.39, 0.29) is 16.8 Å². The molecule has 4 rings (SSSR count). The van der Waals surface area contributed by atoms with Crippen molar-refractivity contribution in [2.24, 2.45) is 0 Å². The largest absolute Gasteiger partial charge is 0.337 e. The van der Waals surface area contributed by atoms with Crippen LogP contribution < -0.4 is 10.6 Å². The molecule has 0 spiro atoms. The molecule has 2 aliphatic heterocycles. The fourth-order valence-electron chi connectivity index (χ4n) is 3.74. The summed E-state index contributed by atoms with van der Waals surface area (Å²) in [6, 6.07) is 14.2. The first-order valence-electron chi connectivity index (χ1n) is 10.1. The zero-order valence-corrected chi connectivity index (χ0v) is 18.2. The lowest BCUT2D eigenvalue weighted by atomic mass is 10.0. The maximum atomic E-state index is 11.9. The number of amides is 1. The highest BCUT2D eigenvalue weighted by Crippen LogP contribution is 2.18. The van der Waals surface area contributed by atoms with Crippen LogP contribution in [0.25, 0.3) is 0 Å². The molecule has 0 unspecified atom stereocenters. The van der Waals surface area contributed by atoms with Crippen LogP contribution in [0.15, 0.2) is 47.4 Å². The molecular weight excluding hydrogens is 416 g/mol. The van der Waals surface area contributed by atoms with Crippen LogP contribution in [0.4, 0.5) is 0 Å². The van der Waals surface area contributed by atoms with Gasteiger partial charge in [-0.25, -0.2) is 0 Å². The smallest absolute Gasteiger partial charge is 0.294 e. The lowest BCUT2D eigenvalue weighted by Gasteiger charge is -2.17. The van der Waals surface area contributed by atoms with Crippen molar-refractivity contribution in [3.63, 3.8) is 0 Å². The van der Waals surface area contributed by atoms with Crippen molar-refractivity contribution in [3.05, 3.63) is 64.7 Å². The first kappa shape index (κ1) is 22.9. The molecule has 2 aromatic rings. The predicted octanol–water partition coefficient (Wildman–Crippen LogP) is 1.46. The van der Waals surface area contributed by atoms with Crippen LogP contribution in [0.3, 0.4) is 0 Å². The number of nitrogens with one attached hydrogen (secondary N) is 2. The number of nitriles is 1. The van der Waals surface area contributed by atoms with E-state index in [4.69, 9.17) is 9.81 Å². The molecule has 0 bridgehead atoms. The minimum Gasteiger partial charge on any atom is -0.337 e. The van der Waals surface area contributed by atoms with E-state index in [0.717, 1.165) is 42.6 Å². The van der Waals surface area contributed by atoms with Crippen LogP contribution in [-0.4, -0.2) is 50.0 Å². The number of benzene rings is 2. The van der Waals surface area contributed by atoms with Crippen LogP contribution in [0.5, 0.6) is 0 Å². The Bertz CT molecular complexity index is 1090. The third kappa shape index (κ3) is 5.89. The number of fused-ring (bicyclic) bond motifs is 1. The van der Waals surface area contributed by atoms with Gasteiger partial charge in [-0.1, -0.05) is 18.2 Å². The minimum absolute atomic E-state index is 0.0278. The fraction of sp³-hybridized carbons (Fsp3) is 0.364. The van der Waals surface area contributed by atoms with E-state index in [1.807, 2.05) is 30.1 Å². The highest BCUT2D eigenvalue weighted by molar-refractivity contribution is 7.85. The lowest BCUT2D eigenvalue weighted by Crippen LogP contribution is -2.35. The van der Waals surface area contributed by atoms with Gasteiger partial charge in [-0.05, 0) is 67.4 Å². The molecule has 2 aromatic carbocycles. The number of carbonyl (C=O) groups is 1. The lowest BCUT2D eigenvalue weighted by molar-refractivity contribution is -0.129. The number of likely N-dealkylation sites (tertiary alicyclic amines) is 1. The summed E-state index contributed by atoms with van der Waals surface area (Å²) in [5, 5.41) is 15.0. The Labute approximate surface area is 182 Å². The minimum atomic E-state index is -4.06. The Morgan fingerprint density at radius 1 is 1.26 bits per heavy atom. The molecule has 1 fully saturated rings. The molecule has 1 amide bonds. The van der Waals surface area contributed by atoms with Crippen LogP contribution in [0.2, 0.25) is 0 Å². The molecule has 0 aliphatic carbocycles. The van der Waals surface area contributed by atoms with Crippen molar-refractivity contribution < 1.29 is 17.8 Å². The summed E-state index contributed by atoms with van der Waals surface area (Å²) in [4.78, 5) is 13.7. The fourth-order valence-corrected chi connectivity index (χ4v) is 4.27. The third-order valence-corrected chi connectivity index (χ3v) is 6.29. The molecule has 2 aliphatic rings. The quantitative estimate of drug-likeness (QED) is 0.613. The maximum absolute atomic E-state index is 11.9. The first-order valence-corrected chi connectivity index (χ1v) is 11.5. The number of hydrogen-bond donors (Lipinski definition) is 3. The van der Waals surface area contributed by atoms with Crippen molar-refractivity contribution >= 4 is 16.0 Å². The monoisotopic (exact) mass is 442 g/mol. The summed E-state index contributed by atoms with van der Waals surface area (Å²) in [6.07, 6.45) is 1.76. The molecule has 0 aromatic heterocycles. The predicted molar refractivity (Wildman–Crippen MR) is 116 cm³/mol. The van der Waals surface area contributed by atoms with Crippen molar-refractivity contribution in [2.45, 2.75) is 36.9 Å². The molecule has 1 atom stereocenters. The Hall–Kier alpha value is -2.77. The van der Waals surface area contributed by atoms with E-state index < -0.39 is 10.1 Å². The van der Waals surface area contributed by atoms with Gasteiger partial charge in [-0.3, -0.25) is 9.35 Å². The average molecular weight is 443 g/mol. The standard InChI is InChI=1S/C13H15N3O.C9H11NO3S/c1-15-12-5-6-16(13(12)17)9-11-4-2-3-10(7-11)8-14;11-14(12,13)9-2-1-7-3-4-10-6-8(7)5-9/h2-4,7,12,15H,5-6,9H2,1H3;1-2,5,10H,3-4,6H2,(H,11,12,13)/t12-;/m0./s1. The number of nitrogens with zero attached hydrogens (tertiary/aromatic N) is 2. The summed E-state index contributed by atoms with van der Waals surface area (Å²) >= 11 is 0. The van der Waals surface area contributed by atoms with E-state index in [9.17, 15) is 13.2 Å². The summed E-state index contributed by atoms with van der Waals surface area (Å²) in [5.74, 6) is 0.148. The molecular formula is C22H26N4O4S. The average Bonchev–Trinajstić information content (AvgIpc) is 3.12. The second kappa shape index (κ2) is 10.0. The van der Waals surface area contributed by atoms with Crippen LogP contribution >= 0.6 is 0 Å². The molecule has 164 valence electrons. The van der Waals surface area contributed by atoms with E-state index in [0.29, 0.717) is 18.7 Å². The van der Waals surface area contributed by atoms with Gasteiger partial charge in [0.1, 0.15) is 0 Å². The summed E-state index contributed by atoms with van der Waals surface area (Å²) < 4.78 is 30.6. The Kier molecular flexibility index (Phi) is 7.41. The zero-order chi connectivity index (χ0) is 22.4. The second-order valence-electron chi connectivity index (χ2n) is 7.53. The SMILES string of the molecule is CN[C@H]1CCN(Cc2cccc(C#N)c2)C1=O.O=S(=O)(O)c1ccc2c(c1)CNCC2. The van der Waals surface area contributed by atoms with Gasteiger partial charge >= 0.3 is 0 Å². The molecule has 8 nitrogen and oxygen atoms in total. The van der Waals surface area contributed by atoms with Gasteiger partial charge in [-0.15, -0.1) is 0 Å². The van der Waals surface area contributed by atoms with Gasteiger partial charge in [0.15, 0.2) is 0 Å². The van der Waals surface area contributed by atoms with Gasteiger partial charge in [0.25, 0.3) is 10.1 Å². The van der Waals surface area contributed by atoms with Gasteiger partial charge in [0.2, 0.25) is 5.91 Å². The van der Waals surface area contributed by atoms with E-state index in [2.05, 4.69) is 16.7 Å². The van der Waals surface area contributed by atoms with Crippen LogP contribution in [0, 0.1) is 11.3 Å². The summed E-state index contributed by atoms with van der Waals surface area (Å²) in [5.41, 5.74) is 3.75. The van der Waals surface area contributed by atoms with Gasteiger partial charge < -0.3 is 15.5 Å². The van der Waals surface area contributed by atoms with Crippen molar-refractivity contribution in [2.75, 3.05) is 20.1 Å². The van der Waals surface area contributed by atoms with Crippen molar-refractivity contribution in [3.8, 4) is 6.07 Å². The number of rotatable bonds is 4. The van der Waals surface area contributed by atoms with E-state index in [1.165, 1.54) is 12.1 Å². The Morgan fingerprint density at radius 3 is 2.74 bits per heavy atom. The molecule has 0 radical (unpaired) electrons. The van der Waals surface area contributed by atoms with E-state index in [1.54, 1.807) is 12.1 Å². The molecule has 2 heterocycles. The van der Waals surface area contributed by atoms with Crippen molar-refractivity contribution in [1.82, 2.24) is 15.5 Å². The normalized spacial score (nSPS) is 18.0. The van der Waals surface area contributed by atoms with Gasteiger partial charge in [0.05, 0.1) is 22.6 Å². The summed E-state index contributed by atoms with van der Waals surface area (Å²) in [7, 11) is -2.26. The third-order valence-electron chi connectivity index (χ3n) is 5.44. The van der Waals surface area contributed by atoms with Gasteiger partial charge in [-0.2, -0.15) is 13.7 Å². The molecule has 1 saturated heterocycles. The molecule has 3 N–H and O–H groups in total. The van der Waals surface area contributed by atoms with Crippen molar-refractivity contribution in [1.29, 1.82) is 5.26 Å². The highest BCUT2D eigenvalue weighted by atomic mass is 32.2. The molecule has 9 heteroatoms. The topological polar surface area (TPSA) is 123 Å². The van der Waals surface area contributed by atoms with Crippen LogP contribution in [-0.2, 0) is 34.4 Å². The molecule has 0 saturated carbocycles. The summed E-state index contributed by atoms with van der Waals surface area (Å²) in [6.45, 7) is 2.95. The number of hydrogen-bond acceptors (Lipinski definition) is 6. The van der Waals surface area contributed by atoms with Gasteiger partial charge in [0, 0.05) is 19.6 Å². The van der Waals surface area contributed by atoms with E-state index >= 15 is 0 Å². The maximum Gasteiger partial charge on any atom is 0.294 e. The zero-order valence-electron chi connectivity index (χ0n) is 17.3.